The molecular weight excluding hydrogens is 448 g/mol. The number of methoxy groups -OCH3 is 2. The van der Waals surface area contributed by atoms with E-state index in [0.29, 0.717) is 18.4 Å². The molecule has 7 nitrogen and oxygen atoms in total. The van der Waals surface area contributed by atoms with Crippen LogP contribution in [0.25, 0.3) is 0 Å². The minimum atomic E-state index is -1.30. The Kier molecular flexibility index (Phi) is 11.2. The molecule has 2 atom stereocenters. The summed E-state index contributed by atoms with van der Waals surface area (Å²) in [4.78, 5) is 27.4. The van der Waals surface area contributed by atoms with E-state index in [1.165, 1.54) is 26.4 Å². The van der Waals surface area contributed by atoms with Crippen molar-refractivity contribution in [1.29, 1.82) is 0 Å². The third-order valence-electron chi connectivity index (χ3n) is 7.34. The molecule has 1 aliphatic rings. The van der Waals surface area contributed by atoms with Crippen LogP contribution in [0.5, 0.6) is 17.2 Å². The summed E-state index contributed by atoms with van der Waals surface area (Å²) in [6.07, 6.45) is 7.64. The van der Waals surface area contributed by atoms with Crippen molar-refractivity contribution < 1.29 is 33.6 Å². The van der Waals surface area contributed by atoms with Gasteiger partial charge in [-0.1, -0.05) is 79.1 Å². The molecule has 1 N–H and O–H groups in total. The van der Waals surface area contributed by atoms with Crippen LogP contribution in [-0.2, 0) is 19.1 Å². The van der Waals surface area contributed by atoms with Gasteiger partial charge in [0.1, 0.15) is 0 Å². The second kappa shape index (κ2) is 13.6. The van der Waals surface area contributed by atoms with Crippen LogP contribution in [-0.4, -0.2) is 31.3 Å². The van der Waals surface area contributed by atoms with Gasteiger partial charge in [-0.25, -0.2) is 0 Å². The molecule has 0 saturated carbocycles. The third kappa shape index (κ3) is 6.83. The van der Waals surface area contributed by atoms with Crippen LogP contribution in [0.15, 0.2) is 12.1 Å². The van der Waals surface area contributed by atoms with Crippen molar-refractivity contribution in [3.8, 4) is 17.2 Å². The highest BCUT2D eigenvalue weighted by atomic mass is 16.7. The molecule has 0 aliphatic carbocycles. The SMILES string of the molecule is CCCCC(CC)CC1(CC(CC)CCCC)C(=O)OC(c2cc(OC)c(O)c(OC)c2)OC1=O. The smallest absolute Gasteiger partial charge is 0.326 e. The standard InChI is InChI=1S/C28H44O7/c1-7-11-13-19(9-3)17-28(18-20(10-4)14-12-8-2)26(30)34-25(35-27(28)31)21-15-22(32-5)24(29)23(16-21)33-6/h15-16,19-20,25,29H,7-14,17-18H2,1-6H3. The van der Waals surface area contributed by atoms with Gasteiger partial charge in [-0.2, -0.15) is 0 Å². The van der Waals surface area contributed by atoms with Crippen molar-refractivity contribution in [1.82, 2.24) is 0 Å². The summed E-state index contributed by atoms with van der Waals surface area (Å²) in [6, 6.07) is 2.98. The Bertz CT molecular complexity index is 772. The zero-order valence-electron chi connectivity index (χ0n) is 22.4. The Morgan fingerprint density at radius 2 is 1.29 bits per heavy atom. The molecule has 1 aromatic carbocycles. The van der Waals surface area contributed by atoms with Crippen molar-refractivity contribution in [3.05, 3.63) is 17.7 Å². The number of hydrogen-bond acceptors (Lipinski definition) is 7. The van der Waals surface area contributed by atoms with Gasteiger partial charge in [-0.15, -0.1) is 0 Å². The molecule has 35 heavy (non-hydrogen) atoms. The normalized spacial score (nSPS) is 21.7. The number of phenolic OH excluding ortho intramolecular Hbond substituents is 1. The Hall–Kier alpha value is -2.44. The number of ether oxygens (including phenoxy) is 4. The molecule has 1 fully saturated rings. The van der Waals surface area contributed by atoms with E-state index in [-0.39, 0.29) is 29.1 Å². The van der Waals surface area contributed by atoms with Gasteiger partial charge in [0.15, 0.2) is 16.9 Å². The maximum atomic E-state index is 13.7. The number of unbranched alkanes of at least 4 members (excludes halogenated alkanes) is 2. The summed E-state index contributed by atoms with van der Waals surface area (Å²) in [6.45, 7) is 8.52. The molecule has 1 aliphatic heterocycles. The molecule has 198 valence electrons. The van der Waals surface area contributed by atoms with E-state index < -0.39 is 23.6 Å². The van der Waals surface area contributed by atoms with E-state index in [4.69, 9.17) is 18.9 Å². The predicted octanol–water partition coefficient (Wildman–Crippen LogP) is 6.71. The van der Waals surface area contributed by atoms with Crippen molar-refractivity contribution >= 4 is 11.9 Å². The average Bonchev–Trinajstić information content (AvgIpc) is 2.86. The van der Waals surface area contributed by atoms with E-state index in [1.54, 1.807) is 0 Å². The summed E-state index contributed by atoms with van der Waals surface area (Å²) >= 11 is 0. The van der Waals surface area contributed by atoms with Crippen LogP contribution < -0.4 is 9.47 Å². The van der Waals surface area contributed by atoms with Crippen LogP contribution in [0, 0.1) is 17.3 Å². The molecule has 0 bridgehead atoms. The van der Waals surface area contributed by atoms with Crippen LogP contribution >= 0.6 is 0 Å². The first kappa shape index (κ1) is 28.8. The first-order chi connectivity index (χ1) is 16.8. The first-order valence-electron chi connectivity index (χ1n) is 13.2. The lowest BCUT2D eigenvalue weighted by atomic mass is 9.70. The molecule has 2 unspecified atom stereocenters. The van der Waals surface area contributed by atoms with Gasteiger partial charge in [0, 0.05) is 5.56 Å². The van der Waals surface area contributed by atoms with Crippen molar-refractivity contribution in [2.45, 2.75) is 98.2 Å². The van der Waals surface area contributed by atoms with Gasteiger partial charge in [0.2, 0.25) is 5.75 Å². The number of phenols is 1. The van der Waals surface area contributed by atoms with Crippen molar-refractivity contribution in [2.24, 2.45) is 17.3 Å². The highest BCUT2D eigenvalue weighted by molar-refractivity contribution is 6.01. The van der Waals surface area contributed by atoms with Gasteiger partial charge in [-0.3, -0.25) is 9.59 Å². The van der Waals surface area contributed by atoms with E-state index >= 15 is 0 Å². The highest BCUT2D eigenvalue weighted by Gasteiger charge is 2.55. The minimum absolute atomic E-state index is 0.138. The summed E-state index contributed by atoms with van der Waals surface area (Å²) in [5.74, 6) is -0.457. The molecule has 1 heterocycles. The molecule has 0 radical (unpaired) electrons. The number of esters is 2. The zero-order valence-corrected chi connectivity index (χ0v) is 22.4. The Morgan fingerprint density at radius 3 is 1.63 bits per heavy atom. The quantitative estimate of drug-likeness (QED) is 0.215. The largest absolute Gasteiger partial charge is 0.502 e. The monoisotopic (exact) mass is 492 g/mol. The zero-order chi connectivity index (χ0) is 26.0. The fraction of sp³-hybridized carbons (Fsp3) is 0.714. The molecule has 0 spiro atoms. The van der Waals surface area contributed by atoms with Gasteiger partial charge < -0.3 is 24.1 Å². The number of aromatic hydroxyl groups is 1. The Balaban J connectivity index is 2.40. The van der Waals surface area contributed by atoms with E-state index in [9.17, 15) is 14.7 Å². The third-order valence-corrected chi connectivity index (χ3v) is 7.34. The molecule has 1 saturated heterocycles. The van der Waals surface area contributed by atoms with Crippen LogP contribution in [0.2, 0.25) is 0 Å². The second-order valence-electron chi connectivity index (χ2n) is 9.74. The predicted molar refractivity (Wildman–Crippen MR) is 134 cm³/mol. The number of rotatable bonds is 15. The second-order valence-corrected chi connectivity index (χ2v) is 9.74. The molecule has 0 aromatic heterocycles. The fourth-order valence-electron chi connectivity index (χ4n) is 5.00. The fourth-order valence-corrected chi connectivity index (χ4v) is 5.00. The lowest BCUT2D eigenvalue weighted by Gasteiger charge is -2.40. The number of hydrogen-bond donors (Lipinski definition) is 1. The molecule has 0 amide bonds. The van der Waals surface area contributed by atoms with Gasteiger partial charge in [-0.05, 0) is 36.8 Å². The number of carbonyl (C=O) groups excluding carboxylic acids is 2. The summed E-state index contributed by atoms with van der Waals surface area (Å²) in [5, 5.41) is 10.2. The highest BCUT2D eigenvalue weighted by Crippen LogP contribution is 2.47. The van der Waals surface area contributed by atoms with Crippen LogP contribution in [0.1, 0.15) is 104 Å². The topological polar surface area (TPSA) is 91.3 Å². The first-order valence-corrected chi connectivity index (χ1v) is 13.2. The summed E-state index contributed by atoms with van der Waals surface area (Å²) in [5.41, 5.74) is -0.937. The van der Waals surface area contributed by atoms with Crippen molar-refractivity contribution in [2.75, 3.05) is 14.2 Å². The van der Waals surface area contributed by atoms with Gasteiger partial charge in [0.25, 0.3) is 6.29 Å². The minimum Gasteiger partial charge on any atom is -0.502 e. The molecular formula is C28H44O7. The van der Waals surface area contributed by atoms with Gasteiger partial charge in [0.05, 0.1) is 14.2 Å². The number of cyclic esters (lactones) is 2. The maximum Gasteiger partial charge on any atom is 0.326 e. The average molecular weight is 493 g/mol. The number of carbonyl (C=O) groups is 2. The molecule has 2 rings (SSSR count). The van der Waals surface area contributed by atoms with E-state index in [0.717, 1.165) is 51.4 Å². The van der Waals surface area contributed by atoms with Crippen LogP contribution in [0.3, 0.4) is 0 Å². The molecule has 1 aromatic rings. The Morgan fingerprint density at radius 1 is 0.857 bits per heavy atom. The lowest BCUT2D eigenvalue weighted by Crippen LogP contribution is -2.49. The molecule has 7 heteroatoms. The van der Waals surface area contributed by atoms with E-state index in [2.05, 4.69) is 27.7 Å². The maximum absolute atomic E-state index is 13.7. The Labute approximate surface area is 210 Å². The van der Waals surface area contributed by atoms with E-state index in [1.807, 2.05) is 0 Å². The lowest BCUT2D eigenvalue weighted by molar-refractivity contribution is -0.229. The summed E-state index contributed by atoms with van der Waals surface area (Å²) in [7, 11) is 2.81. The summed E-state index contributed by atoms with van der Waals surface area (Å²) < 4.78 is 22.1. The van der Waals surface area contributed by atoms with Crippen molar-refractivity contribution in [3.63, 3.8) is 0 Å². The van der Waals surface area contributed by atoms with Crippen LogP contribution in [0.4, 0.5) is 0 Å². The van der Waals surface area contributed by atoms with Gasteiger partial charge >= 0.3 is 11.9 Å². The number of benzene rings is 1.